The Morgan fingerprint density at radius 1 is 0.950 bits per heavy atom. The summed E-state index contributed by atoms with van der Waals surface area (Å²) in [5, 5.41) is 2.87. The molecule has 0 aliphatic carbocycles. The lowest BCUT2D eigenvalue weighted by Gasteiger charge is -2.11. The Bertz CT molecular complexity index is 680. The summed E-state index contributed by atoms with van der Waals surface area (Å²) >= 11 is 0. The Labute approximate surface area is 116 Å². The number of para-hydroxylation sites is 1. The molecule has 0 amide bonds. The minimum atomic E-state index is -0.478. The molecule has 2 aromatic carbocycles. The van der Waals surface area contributed by atoms with Crippen LogP contribution in [-0.2, 0) is 0 Å². The zero-order valence-corrected chi connectivity index (χ0v) is 11.2. The number of Topliss-reactive ketones (excluding diaryl/α,β-unsaturated/α-hetero) is 2. The van der Waals surface area contributed by atoms with Gasteiger partial charge < -0.3 is 5.32 Å². The summed E-state index contributed by atoms with van der Waals surface area (Å²) in [6.45, 7) is 2.86. The average Bonchev–Trinajstić information content (AvgIpc) is 2.41. The number of benzene rings is 2. The van der Waals surface area contributed by atoms with Gasteiger partial charge in [-0.15, -0.1) is 0 Å². The first kappa shape index (κ1) is 13.9. The fourth-order valence-corrected chi connectivity index (χ4v) is 1.88. The Morgan fingerprint density at radius 3 is 2.30 bits per heavy atom. The smallest absolute Gasteiger partial charge is 0.161 e. The van der Waals surface area contributed by atoms with Crippen molar-refractivity contribution in [2.45, 2.75) is 13.8 Å². The summed E-state index contributed by atoms with van der Waals surface area (Å²) in [6.07, 6.45) is 0. The van der Waals surface area contributed by atoms with E-state index < -0.39 is 5.82 Å². The van der Waals surface area contributed by atoms with Crippen LogP contribution in [0.5, 0.6) is 0 Å². The molecular weight excluding hydrogens is 257 g/mol. The molecule has 0 saturated heterocycles. The van der Waals surface area contributed by atoms with Crippen molar-refractivity contribution in [3.63, 3.8) is 0 Å². The van der Waals surface area contributed by atoms with Crippen molar-refractivity contribution in [3.05, 3.63) is 59.4 Å². The van der Waals surface area contributed by atoms with Crippen LogP contribution in [0.15, 0.2) is 42.5 Å². The minimum Gasteiger partial charge on any atom is -0.353 e. The monoisotopic (exact) mass is 271 g/mol. The van der Waals surface area contributed by atoms with Crippen molar-refractivity contribution in [3.8, 4) is 0 Å². The molecule has 2 aromatic rings. The quantitative estimate of drug-likeness (QED) is 0.856. The van der Waals surface area contributed by atoms with E-state index in [-0.39, 0.29) is 17.3 Å². The highest BCUT2D eigenvalue weighted by molar-refractivity contribution is 6.00. The minimum absolute atomic E-state index is 0.115. The van der Waals surface area contributed by atoms with E-state index in [4.69, 9.17) is 0 Å². The highest BCUT2D eigenvalue weighted by Crippen LogP contribution is 2.24. The van der Waals surface area contributed by atoms with Crippen molar-refractivity contribution in [1.29, 1.82) is 0 Å². The van der Waals surface area contributed by atoms with Crippen LogP contribution in [0, 0.1) is 5.82 Å². The molecule has 0 spiro atoms. The highest BCUT2D eigenvalue weighted by Gasteiger charge is 2.10. The maximum Gasteiger partial charge on any atom is 0.161 e. The third kappa shape index (κ3) is 2.91. The molecule has 0 radical (unpaired) electrons. The summed E-state index contributed by atoms with van der Waals surface area (Å²) in [5.74, 6) is -0.738. The van der Waals surface area contributed by atoms with Crippen molar-refractivity contribution < 1.29 is 14.0 Å². The number of hydrogen-bond donors (Lipinski definition) is 1. The van der Waals surface area contributed by atoms with Gasteiger partial charge in [-0.2, -0.15) is 0 Å². The van der Waals surface area contributed by atoms with Crippen LogP contribution in [0.3, 0.4) is 0 Å². The molecule has 0 aliphatic rings. The van der Waals surface area contributed by atoms with Gasteiger partial charge in [0.25, 0.3) is 0 Å². The van der Waals surface area contributed by atoms with Gasteiger partial charge in [0.15, 0.2) is 11.6 Å². The van der Waals surface area contributed by atoms with Gasteiger partial charge in [0, 0.05) is 16.8 Å². The topological polar surface area (TPSA) is 46.2 Å². The van der Waals surface area contributed by atoms with E-state index >= 15 is 0 Å². The molecule has 0 fully saturated rings. The zero-order chi connectivity index (χ0) is 14.7. The first-order valence-corrected chi connectivity index (χ1v) is 6.16. The highest BCUT2D eigenvalue weighted by atomic mass is 19.1. The van der Waals surface area contributed by atoms with E-state index in [9.17, 15) is 14.0 Å². The molecule has 102 valence electrons. The van der Waals surface area contributed by atoms with Crippen LogP contribution in [0.4, 0.5) is 15.8 Å². The van der Waals surface area contributed by atoms with Gasteiger partial charge in [-0.25, -0.2) is 4.39 Å². The largest absolute Gasteiger partial charge is 0.353 e. The number of anilines is 2. The summed E-state index contributed by atoms with van der Waals surface area (Å²) in [6, 6.07) is 10.9. The first-order chi connectivity index (χ1) is 9.49. The molecule has 0 aliphatic heterocycles. The fourth-order valence-electron chi connectivity index (χ4n) is 1.88. The standard InChI is InChI=1S/C16H14FNO2/c1-10(19)12-7-8-14(17)16(9-12)18-15-6-4-3-5-13(15)11(2)20/h3-9,18H,1-2H3. The van der Waals surface area contributed by atoms with Crippen LogP contribution < -0.4 is 5.32 Å². The number of hydrogen-bond acceptors (Lipinski definition) is 3. The Kier molecular flexibility index (Phi) is 3.94. The van der Waals surface area contributed by atoms with E-state index in [1.807, 2.05) is 0 Å². The summed E-state index contributed by atoms with van der Waals surface area (Å²) in [5.41, 5.74) is 1.57. The summed E-state index contributed by atoms with van der Waals surface area (Å²) in [7, 11) is 0. The second-order valence-electron chi connectivity index (χ2n) is 4.48. The Hall–Kier alpha value is -2.49. The van der Waals surface area contributed by atoms with Crippen molar-refractivity contribution in [2.24, 2.45) is 0 Å². The molecule has 0 bridgehead atoms. The third-order valence-corrected chi connectivity index (χ3v) is 2.95. The van der Waals surface area contributed by atoms with E-state index in [0.29, 0.717) is 16.8 Å². The van der Waals surface area contributed by atoms with Crippen molar-refractivity contribution in [1.82, 2.24) is 0 Å². The average molecular weight is 271 g/mol. The summed E-state index contributed by atoms with van der Waals surface area (Å²) < 4.78 is 13.8. The van der Waals surface area contributed by atoms with Crippen LogP contribution in [0.1, 0.15) is 34.6 Å². The number of carbonyl (C=O) groups is 2. The second kappa shape index (κ2) is 5.65. The van der Waals surface area contributed by atoms with Gasteiger partial charge in [0.05, 0.1) is 5.69 Å². The van der Waals surface area contributed by atoms with E-state index in [1.54, 1.807) is 24.3 Å². The van der Waals surface area contributed by atoms with Crippen molar-refractivity contribution >= 4 is 22.9 Å². The number of rotatable bonds is 4. The molecule has 0 unspecified atom stereocenters. The third-order valence-electron chi connectivity index (χ3n) is 2.95. The number of carbonyl (C=O) groups excluding carboxylic acids is 2. The van der Waals surface area contributed by atoms with Gasteiger partial charge >= 0.3 is 0 Å². The predicted molar refractivity (Wildman–Crippen MR) is 76.1 cm³/mol. The van der Waals surface area contributed by atoms with Crippen molar-refractivity contribution in [2.75, 3.05) is 5.32 Å². The number of halogens is 1. The normalized spacial score (nSPS) is 10.2. The molecular formula is C16H14FNO2. The first-order valence-electron chi connectivity index (χ1n) is 6.16. The van der Waals surface area contributed by atoms with E-state index in [0.717, 1.165) is 0 Å². The molecule has 3 nitrogen and oxygen atoms in total. The molecule has 4 heteroatoms. The van der Waals surface area contributed by atoms with Gasteiger partial charge in [-0.1, -0.05) is 12.1 Å². The maximum absolute atomic E-state index is 13.8. The molecule has 2 rings (SSSR count). The molecule has 0 heterocycles. The van der Waals surface area contributed by atoms with E-state index in [1.165, 1.54) is 32.0 Å². The molecule has 1 N–H and O–H groups in total. The second-order valence-corrected chi connectivity index (χ2v) is 4.48. The maximum atomic E-state index is 13.8. The van der Waals surface area contributed by atoms with Crippen LogP contribution >= 0.6 is 0 Å². The SMILES string of the molecule is CC(=O)c1ccc(F)c(Nc2ccccc2C(C)=O)c1. The lowest BCUT2D eigenvalue weighted by Crippen LogP contribution is -2.03. The molecule has 0 saturated carbocycles. The van der Waals surface area contributed by atoms with Gasteiger partial charge in [-0.05, 0) is 44.2 Å². The fraction of sp³-hybridized carbons (Fsp3) is 0.125. The molecule has 0 aromatic heterocycles. The predicted octanol–water partition coefficient (Wildman–Crippen LogP) is 3.97. The number of ketones is 2. The zero-order valence-electron chi connectivity index (χ0n) is 11.2. The lowest BCUT2D eigenvalue weighted by molar-refractivity contribution is 0.100. The van der Waals surface area contributed by atoms with Gasteiger partial charge in [0.2, 0.25) is 0 Å². The van der Waals surface area contributed by atoms with Crippen LogP contribution in [0.25, 0.3) is 0 Å². The molecule has 20 heavy (non-hydrogen) atoms. The summed E-state index contributed by atoms with van der Waals surface area (Å²) in [4.78, 5) is 22.9. The molecule has 0 atom stereocenters. The Morgan fingerprint density at radius 2 is 1.65 bits per heavy atom. The van der Waals surface area contributed by atoms with Crippen LogP contribution in [-0.4, -0.2) is 11.6 Å². The Balaban J connectivity index is 2.42. The number of nitrogens with one attached hydrogen (secondary N) is 1. The van der Waals surface area contributed by atoms with Crippen LogP contribution in [0.2, 0.25) is 0 Å². The van der Waals surface area contributed by atoms with E-state index in [2.05, 4.69) is 5.32 Å². The van der Waals surface area contributed by atoms with Gasteiger partial charge in [-0.3, -0.25) is 9.59 Å². The lowest BCUT2D eigenvalue weighted by atomic mass is 10.1. The van der Waals surface area contributed by atoms with Gasteiger partial charge in [0.1, 0.15) is 5.82 Å².